The Hall–Kier alpha value is -3.83. The maximum Gasteiger partial charge on any atom is 0.416 e. The van der Waals surface area contributed by atoms with Gasteiger partial charge in [0.15, 0.2) is 5.78 Å². The SMILES string of the molecule is CC(CN1C(=O)c2ccccc2C1=O)(C(=O)Cc1ncc(Cl)cc1F)N(Cc1ccc(C(F)(F)F)cc1)C(=O)CCl. The van der Waals surface area contributed by atoms with E-state index in [2.05, 4.69) is 4.98 Å². The van der Waals surface area contributed by atoms with Crippen LogP contribution < -0.4 is 0 Å². The zero-order valence-electron chi connectivity index (χ0n) is 21.3. The third-order valence-corrected chi connectivity index (χ3v) is 7.23. The van der Waals surface area contributed by atoms with Gasteiger partial charge in [-0.15, -0.1) is 11.6 Å². The fourth-order valence-corrected chi connectivity index (χ4v) is 4.81. The van der Waals surface area contributed by atoms with Crippen molar-refractivity contribution in [2.75, 3.05) is 12.4 Å². The number of alkyl halides is 4. The van der Waals surface area contributed by atoms with E-state index in [0.717, 1.165) is 46.3 Å². The number of nitrogens with zero attached hydrogens (tertiary/aromatic N) is 3. The average Bonchev–Trinajstić information content (AvgIpc) is 3.17. The highest BCUT2D eigenvalue weighted by Crippen LogP contribution is 2.32. The quantitative estimate of drug-likeness (QED) is 0.186. The minimum atomic E-state index is -4.60. The first-order valence-corrected chi connectivity index (χ1v) is 13.0. The Morgan fingerprint density at radius 1 is 1.00 bits per heavy atom. The van der Waals surface area contributed by atoms with Crippen LogP contribution in [0.2, 0.25) is 5.02 Å². The van der Waals surface area contributed by atoms with Crippen molar-refractivity contribution in [2.24, 2.45) is 0 Å². The van der Waals surface area contributed by atoms with Crippen LogP contribution >= 0.6 is 23.2 Å². The number of Topliss-reactive ketones (excluding diaryl/α,β-unsaturated/α-hetero) is 1. The Kier molecular flexibility index (Phi) is 8.51. The van der Waals surface area contributed by atoms with Crippen LogP contribution in [0.3, 0.4) is 0 Å². The topological polar surface area (TPSA) is 87.7 Å². The summed E-state index contributed by atoms with van der Waals surface area (Å²) in [4.78, 5) is 59.1. The molecule has 0 bridgehead atoms. The van der Waals surface area contributed by atoms with Crippen molar-refractivity contribution < 1.29 is 36.7 Å². The molecule has 2 aromatic carbocycles. The number of rotatable bonds is 9. The highest BCUT2D eigenvalue weighted by Gasteiger charge is 2.48. The van der Waals surface area contributed by atoms with E-state index >= 15 is 0 Å². The van der Waals surface area contributed by atoms with E-state index in [-0.39, 0.29) is 27.4 Å². The predicted molar refractivity (Wildman–Crippen MR) is 141 cm³/mol. The van der Waals surface area contributed by atoms with Gasteiger partial charge in [0.05, 0.1) is 40.4 Å². The molecule has 0 N–H and O–H groups in total. The second-order valence-electron chi connectivity index (χ2n) is 9.51. The minimum absolute atomic E-state index is 0.0197. The minimum Gasteiger partial charge on any atom is -0.323 e. The van der Waals surface area contributed by atoms with Gasteiger partial charge in [0, 0.05) is 12.7 Å². The number of carbonyl (C=O) groups excluding carboxylic acids is 4. The molecular formula is C28H21Cl2F4N3O4. The lowest BCUT2D eigenvalue weighted by Crippen LogP contribution is -2.62. The van der Waals surface area contributed by atoms with E-state index in [9.17, 15) is 36.7 Å². The third kappa shape index (κ3) is 6.11. The molecule has 0 spiro atoms. The van der Waals surface area contributed by atoms with E-state index in [1.165, 1.54) is 19.1 Å². The van der Waals surface area contributed by atoms with Crippen LogP contribution in [0, 0.1) is 5.82 Å². The van der Waals surface area contributed by atoms with Crippen molar-refractivity contribution in [3.8, 4) is 0 Å². The molecule has 13 heteroatoms. The molecule has 2 heterocycles. The van der Waals surface area contributed by atoms with Crippen molar-refractivity contribution in [1.29, 1.82) is 0 Å². The molecule has 7 nitrogen and oxygen atoms in total. The van der Waals surface area contributed by atoms with Crippen LogP contribution in [0.5, 0.6) is 0 Å². The van der Waals surface area contributed by atoms with Crippen molar-refractivity contribution in [3.05, 3.63) is 99.6 Å². The molecule has 1 aliphatic heterocycles. The monoisotopic (exact) mass is 609 g/mol. The molecule has 1 aliphatic rings. The van der Waals surface area contributed by atoms with E-state index < -0.39 is 72.0 Å². The molecule has 0 fully saturated rings. The van der Waals surface area contributed by atoms with Crippen LogP contribution in [0.15, 0.2) is 60.8 Å². The highest BCUT2D eigenvalue weighted by molar-refractivity contribution is 6.30. The number of halogens is 6. The van der Waals surface area contributed by atoms with Crippen LogP contribution in [0.1, 0.15) is 44.5 Å². The van der Waals surface area contributed by atoms with Gasteiger partial charge in [-0.2, -0.15) is 13.2 Å². The number of benzene rings is 2. The summed E-state index contributed by atoms with van der Waals surface area (Å²) in [6, 6.07) is 10.8. The maximum atomic E-state index is 14.6. The summed E-state index contributed by atoms with van der Waals surface area (Å²) < 4.78 is 53.9. The summed E-state index contributed by atoms with van der Waals surface area (Å²) in [5.74, 6) is -4.59. The van der Waals surface area contributed by atoms with Gasteiger partial charge in [0.2, 0.25) is 5.91 Å². The fourth-order valence-electron chi connectivity index (χ4n) is 4.52. The van der Waals surface area contributed by atoms with E-state index in [1.807, 2.05) is 0 Å². The Morgan fingerprint density at radius 2 is 1.59 bits per heavy atom. The molecule has 1 unspecified atom stereocenters. The van der Waals surface area contributed by atoms with E-state index in [4.69, 9.17) is 23.2 Å². The molecule has 0 saturated heterocycles. The van der Waals surface area contributed by atoms with Crippen LogP contribution in [-0.2, 0) is 28.7 Å². The van der Waals surface area contributed by atoms with Gasteiger partial charge >= 0.3 is 6.18 Å². The molecule has 3 amide bonds. The molecule has 3 aromatic rings. The Balaban J connectivity index is 1.76. The largest absolute Gasteiger partial charge is 0.416 e. The number of imide groups is 1. The zero-order chi connectivity index (χ0) is 30.1. The number of pyridine rings is 1. The smallest absolute Gasteiger partial charge is 0.323 e. The number of fused-ring (bicyclic) bond motifs is 1. The zero-order valence-corrected chi connectivity index (χ0v) is 22.9. The Morgan fingerprint density at radius 3 is 2.10 bits per heavy atom. The molecule has 1 atom stereocenters. The Bertz CT molecular complexity index is 1500. The molecule has 0 saturated carbocycles. The van der Waals surface area contributed by atoms with Crippen LogP contribution in [-0.4, -0.2) is 56.3 Å². The summed E-state index contributed by atoms with van der Waals surface area (Å²) in [6.45, 7) is 0.226. The Labute approximate surface area is 241 Å². The summed E-state index contributed by atoms with van der Waals surface area (Å²) in [7, 11) is 0. The molecule has 41 heavy (non-hydrogen) atoms. The number of hydrogen-bond acceptors (Lipinski definition) is 5. The number of aromatic nitrogens is 1. The summed E-state index contributed by atoms with van der Waals surface area (Å²) >= 11 is 11.6. The van der Waals surface area contributed by atoms with Crippen molar-refractivity contribution >= 4 is 46.7 Å². The molecule has 4 rings (SSSR count). The summed E-state index contributed by atoms with van der Waals surface area (Å²) in [5, 5.41) is -0.0197. The molecule has 0 radical (unpaired) electrons. The lowest BCUT2D eigenvalue weighted by Gasteiger charge is -2.42. The van der Waals surface area contributed by atoms with Crippen LogP contribution in [0.4, 0.5) is 17.6 Å². The van der Waals surface area contributed by atoms with E-state index in [0.29, 0.717) is 0 Å². The number of amides is 3. The van der Waals surface area contributed by atoms with Gasteiger partial charge in [0.25, 0.3) is 11.8 Å². The standard InChI is InChI=1S/C28H21Cl2F4N3O4/c1-27(23(38)11-22-21(31)10-18(30)13-35-22,15-36-25(40)19-4-2-3-5-20(19)26(36)41)37(24(39)12-29)14-16-6-8-17(9-7-16)28(32,33)34/h2-10,13H,11-12,14-15H2,1H3. The number of carbonyl (C=O) groups is 4. The summed E-state index contributed by atoms with van der Waals surface area (Å²) in [5.41, 5.74) is -2.85. The first-order valence-electron chi connectivity index (χ1n) is 12.1. The van der Waals surface area contributed by atoms with Crippen molar-refractivity contribution in [2.45, 2.75) is 31.6 Å². The second kappa shape index (κ2) is 11.6. The van der Waals surface area contributed by atoms with Gasteiger partial charge in [0.1, 0.15) is 17.2 Å². The number of ketones is 1. The lowest BCUT2D eigenvalue weighted by molar-refractivity contribution is -0.145. The molecule has 1 aromatic heterocycles. The van der Waals surface area contributed by atoms with Crippen molar-refractivity contribution in [3.63, 3.8) is 0 Å². The lowest BCUT2D eigenvalue weighted by atomic mass is 9.89. The molecule has 214 valence electrons. The van der Waals surface area contributed by atoms with Gasteiger partial charge in [-0.25, -0.2) is 4.39 Å². The number of hydrogen-bond donors (Lipinski definition) is 0. The summed E-state index contributed by atoms with van der Waals surface area (Å²) in [6.07, 6.45) is -4.14. The molecule has 0 aliphatic carbocycles. The predicted octanol–water partition coefficient (Wildman–Crippen LogP) is 5.33. The van der Waals surface area contributed by atoms with Crippen molar-refractivity contribution in [1.82, 2.24) is 14.8 Å². The van der Waals surface area contributed by atoms with Gasteiger partial charge in [-0.3, -0.25) is 29.1 Å². The first-order chi connectivity index (χ1) is 19.3. The fraction of sp³-hybridized carbons (Fsp3) is 0.250. The van der Waals surface area contributed by atoms with Crippen LogP contribution in [0.25, 0.3) is 0 Å². The van der Waals surface area contributed by atoms with Gasteiger partial charge in [-0.1, -0.05) is 35.9 Å². The molecular weight excluding hydrogens is 589 g/mol. The maximum absolute atomic E-state index is 14.6. The first kappa shape index (κ1) is 30.1. The van der Waals surface area contributed by atoms with E-state index in [1.54, 1.807) is 12.1 Å². The average molecular weight is 610 g/mol. The van der Waals surface area contributed by atoms with Gasteiger partial charge < -0.3 is 4.90 Å². The second-order valence-corrected chi connectivity index (χ2v) is 10.2. The third-order valence-electron chi connectivity index (χ3n) is 6.79. The normalized spacial score (nSPS) is 14.6. The van der Waals surface area contributed by atoms with Gasteiger partial charge in [-0.05, 0) is 42.8 Å². The highest BCUT2D eigenvalue weighted by atomic mass is 35.5.